The van der Waals surface area contributed by atoms with Crippen LogP contribution in [0, 0.1) is 5.41 Å². The van der Waals surface area contributed by atoms with Gasteiger partial charge in [0.25, 0.3) is 0 Å². The first kappa shape index (κ1) is 15.3. The van der Waals surface area contributed by atoms with Gasteiger partial charge in [-0.1, -0.05) is 62.9 Å². The van der Waals surface area contributed by atoms with Crippen molar-refractivity contribution in [3.63, 3.8) is 0 Å². The Hall–Kier alpha value is -2.09. The summed E-state index contributed by atoms with van der Waals surface area (Å²) in [6.45, 7) is 11.3. The highest BCUT2D eigenvalue weighted by molar-refractivity contribution is 5.80. The van der Waals surface area contributed by atoms with Gasteiger partial charge in [-0.2, -0.15) is 4.58 Å². The maximum Gasteiger partial charge on any atom is 0.247 e. The molecule has 2 nitrogen and oxygen atoms in total. The number of nitrogens with zero attached hydrogens (tertiary/aromatic N) is 1. The molecule has 0 aromatic heterocycles. The lowest BCUT2D eigenvalue weighted by Crippen LogP contribution is -2.19. The van der Waals surface area contributed by atoms with Crippen LogP contribution in [0.15, 0.2) is 60.8 Å². The molecule has 1 aromatic rings. The maximum absolute atomic E-state index is 10.7. The lowest BCUT2D eigenvalue weighted by molar-refractivity contribution is -0.474. The number of benzene rings is 1. The SMILES string of the molecule is C=C/C=C/C(=C(/O)c1ccccc1)[N+]1=C(C)CC(C)(C)C1. The van der Waals surface area contributed by atoms with E-state index in [2.05, 4.69) is 31.9 Å². The molecule has 0 amide bonds. The van der Waals surface area contributed by atoms with Crippen LogP contribution in [0.2, 0.25) is 0 Å². The first-order chi connectivity index (χ1) is 9.94. The van der Waals surface area contributed by atoms with Gasteiger partial charge in [0.1, 0.15) is 0 Å². The van der Waals surface area contributed by atoms with Crippen molar-refractivity contribution in [2.75, 3.05) is 6.54 Å². The second-order valence-corrected chi connectivity index (χ2v) is 6.36. The molecule has 0 atom stereocenters. The van der Waals surface area contributed by atoms with Crippen LogP contribution in [-0.2, 0) is 0 Å². The average molecular weight is 282 g/mol. The second kappa shape index (κ2) is 6.13. The van der Waals surface area contributed by atoms with Crippen molar-refractivity contribution in [2.24, 2.45) is 5.41 Å². The van der Waals surface area contributed by atoms with Gasteiger partial charge in [0.2, 0.25) is 5.70 Å². The third-order valence-electron chi connectivity index (χ3n) is 3.75. The zero-order chi connectivity index (χ0) is 15.5. The Morgan fingerprint density at radius 1 is 1.29 bits per heavy atom. The predicted octanol–water partition coefficient (Wildman–Crippen LogP) is 4.56. The Kier molecular flexibility index (Phi) is 4.46. The van der Waals surface area contributed by atoms with E-state index in [1.54, 1.807) is 6.08 Å². The van der Waals surface area contributed by atoms with E-state index in [1.165, 1.54) is 5.71 Å². The number of hydrogen-bond donors (Lipinski definition) is 1. The van der Waals surface area contributed by atoms with Crippen molar-refractivity contribution in [1.29, 1.82) is 0 Å². The van der Waals surface area contributed by atoms with Crippen molar-refractivity contribution < 1.29 is 9.68 Å². The summed E-state index contributed by atoms with van der Waals surface area (Å²) in [4.78, 5) is 0. The normalized spacial score (nSPS) is 19.0. The van der Waals surface area contributed by atoms with Crippen LogP contribution in [0.5, 0.6) is 0 Å². The zero-order valence-corrected chi connectivity index (χ0v) is 13.1. The minimum atomic E-state index is 0.230. The van der Waals surface area contributed by atoms with Crippen LogP contribution in [-0.4, -0.2) is 21.9 Å². The molecule has 1 heterocycles. The molecule has 1 aromatic carbocycles. The van der Waals surface area contributed by atoms with E-state index in [0.29, 0.717) is 5.76 Å². The van der Waals surface area contributed by atoms with Gasteiger partial charge in [0.15, 0.2) is 18.0 Å². The molecule has 2 heteroatoms. The predicted molar refractivity (Wildman–Crippen MR) is 89.5 cm³/mol. The molecular weight excluding hydrogens is 258 g/mol. The van der Waals surface area contributed by atoms with E-state index in [9.17, 15) is 5.11 Å². The van der Waals surface area contributed by atoms with Crippen molar-refractivity contribution in [1.82, 2.24) is 0 Å². The summed E-state index contributed by atoms with van der Waals surface area (Å²) < 4.78 is 2.21. The first-order valence-electron chi connectivity index (χ1n) is 7.32. The molecule has 1 N–H and O–H groups in total. The van der Waals surface area contributed by atoms with Crippen molar-refractivity contribution >= 4 is 11.5 Å². The minimum Gasteiger partial charge on any atom is -0.502 e. The molecule has 0 spiro atoms. The Bertz CT molecular complexity index is 618. The summed E-state index contributed by atoms with van der Waals surface area (Å²) in [6.07, 6.45) is 6.57. The fourth-order valence-electron chi connectivity index (χ4n) is 2.90. The van der Waals surface area contributed by atoms with E-state index < -0.39 is 0 Å². The third-order valence-corrected chi connectivity index (χ3v) is 3.75. The van der Waals surface area contributed by atoms with Gasteiger partial charge >= 0.3 is 0 Å². The summed E-state index contributed by atoms with van der Waals surface area (Å²) >= 11 is 0. The molecule has 110 valence electrons. The minimum absolute atomic E-state index is 0.230. The molecule has 0 saturated carbocycles. The first-order valence-corrected chi connectivity index (χ1v) is 7.32. The van der Waals surface area contributed by atoms with Gasteiger partial charge in [-0.15, -0.1) is 0 Å². The van der Waals surface area contributed by atoms with E-state index >= 15 is 0 Å². The second-order valence-electron chi connectivity index (χ2n) is 6.36. The Labute approximate surface area is 127 Å². The van der Waals surface area contributed by atoms with Gasteiger partial charge in [0, 0.05) is 30.4 Å². The molecule has 2 rings (SSSR count). The topological polar surface area (TPSA) is 23.2 Å². The van der Waals surface area contributed by atoms with E-state index in [4.69, 9.17) is 0 Å². The summed E-state index contributed by atoms with van der Waals surface area (Å²) in [5.41, 5.74) is 3.18. The van der Waals surface area contributed by atoms with Gasteiger partial charge < -0.3 is 5.11 Å². The van der Waals surface area contributed by atoms with Crippen molar-refractivity contribution in [3.8, 4) is 0 Å². The monoisotopic (exact) mass is 282 g/mol. The Balaban J connectivity index is 2.52. The molecule has 0 radical (unpaired) electrons. The highest BCUT2D eigenvalue weighted by Gasteiger charge is 2.37. The van der Waals surface area contributed by atoms with Crippen molar-refractivity contribution in [3.05, 3.63) is 66.4 Å². The Morgan fingerprint density at radius 3 is 2.48 bits per heavy atom. The number of allylic oxidation sites excluding steroid dienone is 3. The van der Waals surface area contributed by atoms with Gasteiger partial charge in [-0.25, -0.2) is 0 Å². The fourth-order valence-corrected chi connectivity index (χ4v) is 2.90. The van der Waals surface area contributed by atoms with E-state index in [-0.39, 0.29) is 5.41 Å². The van der Waals surface area contributed by atoms with Gasteiger partial charge in [-0.3, -0.25) is 0 Å². The highest BCUT2D eigenvalue weighted by atomic mass is 16.3. The lowest BCUT2D eigenvalue weighted by atomic mass is 9.91. The molecule has 0 aliphatic carbocycles. The smallest absolute Gasteiger partial charge is 0.247 e. The number of hydrogen-bond acceptors (Lipinski definition) is 1. The number of aliphatic hydroxyl groups excluding tert-OH is 1. The third kappa shape index (κ3) is 3.52. The molecule has 0 saturated heterocycles. The standard InChI is InChI=1S/C19H23NO/c1-5-6-12-17(18(21)16-10-8-7-9-11-16)20-14-19(3,4)13-15(20)2/h5-12H,1,13-14H2,2-4H3/p+1/b12-6+,18-17-. The molecule has 0 unspecified atom stereocenters. The van der Waals surface area contributed by atoms with Crippen LogP contribution in [0.3, 0.4) is 0 Å². The van der Waals surface area contributed by atoms with Gasteiger partial charge in [-0.05, 0) is 0 Å². The van der Waals surface area contributed by atoms with Crippen LogP contribution in [0.25, 0.3) is 5.76 Å². The summed E-state index contributed by atoms with van der Waals surface area (Å²) in [7, 11) is 0. The van der Waals surface area contributed by atoms with Crippen molar-refractivity contribution in [2.45, 2.75) is 27.2 Å². The van der Waals surface area contributed by atoms with Crippen LogP contribution in [0.4, 0.5) is 0 Å². The summed E-state index contributed by atoms with van der Waals surface area (Å²) in [5, 5.41) is 10.7. The van der Waals surface area contributed by atoms with E-state index in [1.807, 2.05) is 42.5 Å². The largest absolute Gasteiger partial charge is 0.502 e. The quantitative estimate of drug-likeness (QED) is 0.488. The summed E-state index contributed by atoms with van der Waals surface area (Å²) in [6, 6.07) is 9.67. The zero-order valence-electron chi connectivity index (χ0n) is 13.1. The summed E-state index contributed by atoms with van der Waals surface area (Å²) in [5.74, 6) is 0.311. The highest BCUT2D eigenvalue weighted by Crippen LogP contribution is 2.31. The fraction of sp³-hybridized carbons (Fsp3) is 0.316. The van der Waals surface area contributed by atoms with Gasteiger partial charge in [0.05, 0.1) is 0 Å². The number of aliphatic hydroxyl groups is 1. The maximum atomic E-state index is 10.7. The molecular formula is C19H24NO+. The number of rotatable bonds is 4. The molecule has 0 fully saturated rings. The Morgan fingerprint density at radius 2 is 1.95 bits per heavy atom. The van der Waals surface area contributed by atoms with Crippen LogP contribution in [0.1, 0.15) is 32.8 Å². The molecule has 1 aliphatic heterocycles. The van der Waals surface area contributed by atoms with Crippen LogP contribution >= 0.6 is 0 Å². The average Bonchev–Trinajstić information content (AvgIpc) is 2.73. The van der Waals surface area contributed by atoms with E-state index in [0.717, 1.165) is 24.2 Å². The molecule has 21 heavy (non-hydrogen) atoms. The lowest BCUT2D eigenvalue weighted by Gasteiger charge is -2.12. The molecule has 1 aliphatic rings. The van der Waals surface area contributed by atoms with Crippen LogP contribution < -0.4 is 0 Å². The molecule has 0 bridgehead atoms.